The van der Waals surface area contributed by atoms with Gasteiger partial charge in [-0.1, -0.05) is 60.7 Å². The SMILES string of the molecule is Nc1ccn([C@H]2C[C@H](OP(=O)(O)OCc3ccccc3)[C@@H](COP(=O)(O)OCc3ccccc3)O2)c(=O)n1.[Co]. The number of rotatable bonds is 12. The molecule has 1 aromatic heterocycles. The number of aromatic nitrogens is 2. The van der Waals surface area contributed by atoms with Crippen molar-refractivity contribution in [3.8, 4) is 0 Å². The Kier molecular flexibility index (Phi) is 11.2. The molecule has 213 valence electrons. The Labute approximate surface area is 234 Å². The maximum atomic E-state index is 12.7. The summed E-state index contributed by atoms with van der Waals surface area (Å²) in [6, 6.07) is 18.8. The number of nitrogens with two attached hydrogens (primary N) is 1. The van der Waals surface area contributed by atoms with Crippen LogP contribution in [-0.2, 0) is 62.0 Å². The van der Waals surface area contributed by atoms with E-state index >= 15 is 0 Å². The maximum Gasteiger partial charge on any atom is 0.472 e. The molecule has 39 heavy (non-hydrogen) atoms. The molecule has 1 aliphatic heterocycles. The van der Waals surface area contributed by atoms with E-state index in [0.717, 1.165) is 4.57 Å². The first-order chi connectivity index (χ1) is 18.1. The van der Waals surface area contributed by atoms with E-state index in [1.54, 1.807) is 60.7 Å². The van der Waals surface area contributed by atoms with Crippen LogP contribution in [0.4, 0.5) is 5.82 Å². The molecular formula is C23H27CoN3O10P2. The molecule has 2 unspecified atom stereocenters. The van der Waals surface area contributed by atoms with Crippen LogP contribution < -0.4 is 11.4 Å². The van der Waals surface area contributed by atoms with Gasteiger partial charge < -0.3 is 20.3 Å². The third kappa shape index (κ3) is 9.45. The molecule has 4 N–H and O–H groups in total. The van der Waals surface area contributed by atoms with Crippen molar-refractivity contribution >= 4 is 21.5 Å². The number of phosphoric ester groups is 2. The Morgan fingerprint density at radius 3 is 2.05 bits per heavy atom. The quantitative estimate of drug-likeness (QED) is 0.250. The molecule has 16 heteroatoms. The number of hydrogen-bond donors (Lipinski definition) is 3. The first-order valence-corrected chi connectivity index (χ1v) is 14.4. The van der Waals surface area contributed by atoms with Crippen LogP contribution in [0.3, 0.4) is 0 Å². The second-order valence-electron chi connectivity index (χ2n) is 8.30. The molecule has 1 fully saturated rings. The van der Waals surface area contributed by atoms with Crippen molar-refractivity contribution in [1.29, 1.82) is 0 Å². The number of benzene rings is 2. The molecule has 1 aliphatic rings. The van der Waals surface area contributed by atoms with Gasteiger partial charge in [-0.15, -0.1) is 0 Å². The van der Waals surface area contributed by atoms with Gasteiger partial charge in [-0.3, -0.25) is 22.7 Å². The van der Waals surface area contributed by atoms with Crippen molar-refractivity contribution in [3.05, 3.63) is 94.5 Å². The van der Waals surface area contributed by atoms with Crippen molar-refractivity contribution in [3.63, 3.8) is 0 Å². The number of phosphoric acid groups is 2. The molecule has 13 nitrogen and oxygen atoms in total. The molecule has 3 aromatic rings. The van der Waals surface area contributed by atoms with E-state index in [-0.39, 0.29) is 42.2 Å². The van der Waals surface area contributed by atoms with Crippen LogP contribution in [0.2, 0.25) is 0 Å². The maximum absolute atomic E-state index is 12.7. The average molecular weight is 626 g/mol. The van der Waals surface area contributed by atoms with Crippen LogP contribution in [-0.4, -0.2) is 38.2 Å². The normalized spacial score (nSPS) is 21.9. The molecule has 0 amide bonds. The largest absolute Gasteiger partial charge is 0.472 e. The Bertz CT molecular complexity index is 1370. The van der Waals surface area contributed by atoms with Gasteiger partial charge in [-0.05, 0) is 17.2 Å². The van der Waals surface area contributed by atoms with Gasteiger partial charge in [0.2, 0.25) is 0 Å². The number of anilines is 1. The van der Waals surface area contributed by atoms with Crippen molar-refractivity contribution < 1.29 is 58.5 Å². The van der Waals surface area contributed by atoms with Crippen LogP contribution in [0.15, 0.2) is 77.7 Å². The third-order valence-corrected chi connectivity index (χ3v) is 7.41. The smallest absolute Gasteiger partial charge is 0.383 e. The minimum absolute atomic E-state index is 0. The van der Waals surface area contributed by atoms with Gasteiger partial charge in [0.05, 0.1) is 19.8 Å². The summed E-state index contributed by atoms with van der Waals surface area (Å²) >= 11 is 0. The van der Waals surface area contributed by atoms with E-state index in [1.807, 2.05) is 0 Å². The first-order valence-electron chi connectivity index (χ1n) is 11.5. The van der Waals surface area contributed by atoms with E-state index in [4.69, 9.17) is 28.6 Å². The minimum atomic E-state index is -4.62. The molecule has 2 aromatic carbocycles. The molecule has 0 saturated carbocycles. The van der Waals surface area contributed by atoms with E-state index in [0.29, 0.717) is 11.1 Å². The van der Waals surface area contributed by atoms with E-state index in [2.05, 4.69) is 4.98 Å². The molecule has 5 atom stereocenters. The number of nitrogen functional groups attached to an aromatic ring is 1. The van der Waals surface area contributed by atoms with E-state index < -0.39 is 46.4 Å². The summed E-state index contributed by atoms with van der Waals surface area (Å²) < 4.78 is 52.6. The monoisotopic (exact) mass is 626 g/mol. The number of nitrogens with zero attached hydrogens (tertiary/aromatic N) is 2. The fraction of sp³-hybridized carbons (Fsp3) is 0.304. The van der Waals surface area contributed by atoms with E-state index in [1.165, 1.54) is 12.3 Å². The van der Waals surface area contributed by atoms with Crippen molar-refractivity contribution in [1.82, 2.24) is 9.55 Å². The van der Waals surface area contributed by atoms with Crippen LogP contribution in [0.1, 0.15) is 23.8 Å². The van der Waals surface area contributed by atoms with Crippen molar-refractivity contribution in [2.45, 2.75) is 38.1 Å². The fourth-order valence-electron chi connectivity index (χ4n) is 3.64. The van der Waals surface area contributed by atoms with Crippen LogP contribution in [0.5, 0.6) is 0 Å². The zero-order valence-electron chi connectivity index (χ0n) is 20.3. The molecule has 0 bridgehead atoms. The summed E-state index contributed by atoms with van der Waals surface area (Å²) in [5.41, 5.74) is 6.11. The molecular weight excluding hydrogens is 599 g/mol. The zero-order chi connectivity index (χ0) is 27.2. The molecule has 1 radical (unpaired) electrons. The van der Waals surface area contributed by atoms with Gasteiger partial charge >= 0.3 is 21.3 Å². The second-order valence-corrected chi connectivity index (χ2v) is 11.2. The topological polar surface area (TPSA) is 182 Å². The number of ether oxygens (including phenoxy) is 1. The molecule has 2 heterocycles. The summed E-state index contributed by atoms with van der Waals surface area (Å²) in [6.45, 7) is -0.943. The van der Waals surface area contributed by atoms with Crippen LogP contribution >= 0.6 is 15.6 Å². The average Bonchev–Trinajstić information content (AvgIpc) is 3.28. The van der Waals surface area contributed by atoms with Crippen LogP contribution in [0, 0.1) is 0 Å². The first kappa shape index (κ1) is 31.3. The van der Waals surface area contributed by atoms with Gasteiger partial charge in [0.15, 0.2) is 0 Å². The minimum Gasteiger partial charge on any atom is -0.383 e. The molecule has 0 spiro atoms. The summed E-state index contributed by atoms with van der Waals surface area (Å²) in [6.07, 6.45) is -2.05. The van der Waals surface area contributed by atoms with Gasteiger partial charge in [-0.2, -0.15) is 4.98 Å². The fourth-order valence-corrected chi connectivity index (χ4v) is 5.30. The number of hydrogen-bond acceptors (Lipinski definition) is 10. The summed E-state index contributed by atoms with van der Waals surface area (Å²) in [5, 5.41) is 0. The summed E-state index contributed by atoms with van der Waals surface area (Å²) in [5.74, 6) is 0.00267. The summed E-state index contributed by atoms with van der Waals surface area (Å²) in [4.78, 5) is 36.4. The van der Waals surface area contributed by atoms with Crippen LogP contribution in [0.25, 0.3) is 0 Å². The molecule has 4 rings (SSSR count). The standard InChI is InChI=1S/C23H27N3O10P2.Co/c24-21-11-12-26(23(27)25-21)22-13-19(36-38(30,31)33-15-18-9-5-2-6-10-18)20(35-22)16-34-37(28,29)32-14-17-7-3-1-4-8-17;/h1-12,19-20,22H,13-16H2,(H,28,29)(H,30,31)(H2,24,25,27);/t19-,20+,22+;/m0./s1. The molecule has 0 aliphatic carbocycles. The third-order valence-electron chi connectivity index (χ3n) is 5.49. The Hall–Kier alpha value is -2.19. The summed E-state index contributed by atoms with van der Waals surface area (Å²) in [7, 11) is -9.17. The van der Waals surface area contributed by atoms with Gasteiger partial charge in [-0.25, -0.2) is 13.9 Å². The second kappa shape index (κ2) is 13.9. The zero-order valence-corrected chi connectivity index (χ0v) is 23.2. The van der Waals surface area contributed by atoms with Gasteiger partial charge in [0, 0.05) is 29.4 Å². The predicted octanol–water partition coefficient (Wildman–Crippen LogP) is 3.15. The van der Waals surface area contributed by atoms with E-state index in [9.17, 15) is 23.7 Å². The van der Waals surface area contributed by atoms with Crippen molar-refractivity contribution in [2.75, 3.05) is 12.3 Å². The Morgan fingerprint density at radius 2 is 1.49 bits per heavy atom. The van der Waals surface area contributed by atoms with Crippen molar-refractivity contribution in [2.24, 2.45) is 0 Å². The Balaban J connectivity index is 0.00000420. The Morgan fingerprint density at radius 1 is 0.923 bits per heavy atom. The van der Waals surface area contributed by atoms with Gasteiger partial charge in [0.25, 0.3) is 0 Å². The van der Waals surface area contributed by atoms with Gasteiger partial charge in [0.1, 0.15) is 24.3 Å². The predicted molar refractivity (Wildman–Crippen MR) is 134 cm³/mol. The molecule has 1 saturated heterocycles.